The smallest absolute Gasteiger partial charge is 0.425 e. The van der Waals surface area contributed by atoms with Gasteiger partial charge in [0.15, 0.2) is 6.10 Å². The van der Waals surface area contributed by atoms with Gasteiger partial charge in [-0.3, -0.25) is 4.72 Å². The minimum Gasteiger partial charge on any atom is -0.462 e. The second-order valence-electron chi connectivity index (χ2n) is 8.38. The molecule has 4 rings (SSSR count). The number of alkyl halides is 3. The third kappa shape index (κ3) is 6.11. The predicted molar refractivity (Wildman–Crippen MR) is 127 cm³/mol. The molecule has 1 aromatic carbocycles. The molecule has 0 saturated carbocycles. The van der Waals surface area contributed by atoms with Gasteiger partial charge in [0.2, 0.25) is 15.8 Å². The number of piperidine rings is 1. The molecule has 35 heavy (non-hydrogen) atoms. The van der Waals surface area contributed by atoms with Gasteiger partial charge in [0, 0.05) is 25.2 Å². The molecule has 0 amide bonds. The Morgan fingerprint density at radius 1 is 1.09 bits per heavy atom. The number of nitrogens with one attached hydrogen (secondary N) is 1. The lowest BCUT2D eigenvalue weighted by Gasteiger charge is -2.37. The van der Waals surface area contributed by atoms with Crippen molar-refractivity contribution in [3.63, 3.8) is 0 Å². The number of ether oxygens (including phenoxy) is 1. The highest BCUT2D eigenvalue weighted by molar-refractivity contribution is 7.92. The molecule has 1 aliphatic rings. The minimum atomic E-state index is -4.69. The number of rotatable bonds is 8. The van der Waals surface area contributed by atoms with Crippen molar-refractivity contribution in [1.82, 2.24) is 15.0 Å². The molecule has 8 nitrogen and oxygen atoms in total. The van der Waals surface area contributed by atoms with E-state index in [1.54, 1.807) is 43.5 Å². The molecular formula is C23H26F3N5O3S. The van der Waals surface area contributed by atoms with Crippen LogP contribution in [0.3, 0.4) is 0 Å². The maximum Gasteiger partial charge on any atom is 0.425 e. The molecule has 12 heteroatoms. The van der Waals surface area contributed by atoms with Crippen LogP contribution in [0.1, 0.15) is 26.2 Å². The molecule has 3 heterocycles. The van der Waals surface area contributed by atoms with Crippen molar-refractivity contribution in [1.29, 1.82) is 0 Å². The standard InChI is InChI=1S/C23H26F3N5O3S/c1-2-15-35(32,33)30-21-22(29-18-8-4-3-7-17(18)28-21)34-20(23(24,25)26)16-10-13-31(14-11-16)19-9-5-6-12-27-19/h3-9,12,16,20H,2,10-11,13-15H2,1H3,(H,28,30). The van der Waals surface area contributed by atoms with E-state index in [2.05, 4.69) is 19.7 Å². The van der Waals surface area contributed by atoms with Crippen LogP contribution in [-0.2, 0) is 10.0 Å². The van der Waals surface area contributed by atoms with Gasteiger partial charge < -0.3 is 9.64 Å². The molecule has 1 fully saturated rings. The summed E-state index contributed by atoms with van der Waals surface area (Å²) in [6.45, 7) is 2.45. The van der Waals surface area contributed by atoms with E-state index in [0.717, 1.165) is 0 Å². The highest BCUT2D eigenvalue weighted by atomic mass is 32.2. The monoisotopic (exact) mass is 509 g/mol. The summed E-state index contributed by atoms with van der Waals surface area (Å²) in [6, 6.07) is 11.9. The average molecular weight is 510 g/mol. The van der Waals surface area contributed by atoms with Crippen LogP contribution >= 0.6 is 0 Å². The molecule has 0 spiro atoms. The summed E-state index contributed by atoms with van der Waals surface area (Å²) < 4.78 is 75.0. The summed E-state index contributed by atoms with van der Waals surface area (Å²) >= 11 is 0. The number of fused-ring (bicyclic) bond motifs is 1. The first kappa shape index (κ1) is 25.0. The lowest BCUT2D eigenvalue weighted by molar-refractivity contribution is -0.212. The SMILES string of the molecule is CCCS(=O)(=O)Nc1nc2ccccc2nc1OC(C1CCN(c2ccccn2)CC1)C(F)(F)F. The zero-order valence-corrected chi connectivity index (χ0v) is 19.9. The number of anilines is 2. The zero-order valence-electron chi connectivity index (χ0n) is 19.1. The quantitative estimate of drug-likeness (QED) is 0.481. The maximum absolute atomic E-state index is 14.2. The highest BCUT2D eigenvalue weighted by Gasteiger charge is 2.48. The van der Waals surface area contributed by atoms with Crippen LogP contribution < -0.4 is 14.4 Å². The molecule has 1 saturated heterocycles. The number of nitrogens with zero attached hydrogens (tertiary/aromatic N) is 4. The van der Waals surface area contributed by atoms with Crippen molar-refractivity contribution in [3.05, 3.63) is 48.7 Å². The first-order chi connectivity index (χ1) is 16.7. The maximum atomic E-state index is 14.2. The van der Waals surface area contributed by atoms with Gasteiger partial charge in [-0.2, -0.15) is 13.2 Å². The molecule has 188 valence electrons. The van der Waals surface area contributed by atoms with Crippen molar-refractivity contribution in [2.45, 2.75) is 38.5 Å². The predicted octanol–water partition coefficient (Wildman–Crippen LogP) is 4.40. The zero-order chi connectivity index (χ0) is 25.1. The Morgan fingerprint density at radius 3 is 2.34 bits per heavy atom. The van der Waals surface area contributed by atoms with Crippen molar-refractivity contribution in [2.24, 2.45) is 5.92 Å². The summed E-state index contributed by atoms with van der Waals surface area (Å²) in [7, 11) is -3.84. The summed E-state index contributed by atoms with van der Waals surface area (Å²) in [5.74, 6) is -1.18. The van der Waals surface area contributed by atoms with E-state index in [-0.39, 0.29) is 24.4 Å². The van der Waals surface area contributed by atoms with E-state index in [0.29, 0.717) is 36.4 Å². The Kier molecular flexibility index (Phi) is 7.29. The van der Waals surface area contributed by atoms with Crippen LogP contribution in [0.15, 0.2) is 48.7 Å². The van der Waals surface area contributed by atoms with E-state index in [9.17, 15) is 21.6 Å². The average Bonchev–Trinajstić information content (AvgIpc) is 2.82. The summed E-state index contributed by atoms with van der Waals surface area (Å²) in [6.07, 6.45) is -4.45. The largest absolute Gasteiger partial charge is 0.462 e. The minimum absolute atomic E-state index is 0.213. The van der Waals surface area contributed by atoms with E-state index in [1.165, 1.54) is 0 Å². The number of hydrogen-bond acceptors (Lipinski definition) is 7. The number of benzene rings is 1. The third-order valence-corrected chi connectivity index (χ3v) is 7.22. The second-order valence-corrected chi connectivity index (χ2v) is 10.2. The lowest BCUT2D eigenvalue weighted by atomic mass is 9.90. The van der Waals surface area contributed by atoms with Crippen LogP contribution in [0.4, 0.5) is 24.8 Å². The van der Waals surface area contributed by atoms with Crippen LogP contribution in [0.25, 0.3) is 11.0 Å². The highest BCUT2D eigenvalue weighted by Crippen LogP contribution is 2.37. The molecule has 0 aliphatic carbocycles. The number of sulfonamides is 1. The lowest BCUT2D eigenvalue weighted by Crippen LogP contribution is -2.46. The van der Waals surface area contributed by atoms with E-state index >= 15 is 0 Å². The Bertz CT molecular complexity index is 1250. The normalized spacial score (nSPS) is 16.3. The molecule has 1 atom stereocenters. The number of hydrogen-bond donors (Lipinski definition) is 1. The number of pyridine rings is 1. The molecule has 1 unspecified atom stereocenters. The van der Waals surface area contributed by atoms with Gasteiger partial charge in [0.25, 0.3) is 5.88 Å². The van der Waals surface area contributed by atoms with Crippen molar-refractivity contribution >= 4 is 32.7 Å². The first-order valence-electron chi connectivity index (χ1n) is 11.3. The number of para-hydroxylation sites is 2. The molecule has 0 bridgehead atoms. The fourth-order valence-corrected chi connectivity index (χ4v) is 5.19. The molecule has 3 aromatic rings. The second kappa shape index (κ2) is 10.2. The van der Waals surface area contributed by atoms with Gasteiger partial charge in [0.05, 0.1) is 16.8 Å². The Hall–Kier alpha value is -3.15. The van der Waals surface area contributed by atoms with Crippen molar-refractivity contribution in [2.75, 3.05) is 28.5 Å². The van der Waals surface area contributed by atoms with Gasteiger partial charge >= 0.3 is 6.18 Å². The van der Waals surface area contributed by atoms with Gasteiger partial charge in [-0.1, -0.05) is 25.1 Å². The molecule has 1 aliphatic heterocycles. The van der Waals surface area contributed by atoms with Crippen molar-refractivity contribution in [3.8, 4) is 5.88 Å². The Morgan fingerprint density at radius 2 is 1.74 bits per heavy atom. The summed E-state index contributed by atoms with van der Waals surface area (Å²) in [5, 5.41) is 0. The summed E-state index contributed by atoms with van der Waals surface area (Å²) in [5.41, 5.74) is 0.633. The van der Waals surface area contributed by atoms with Gasteiger partial charge in [-0.15, -0.1) is 0 Å². The van der Waals surface area contributed by atoms with Gasteiger partial charge in [0.1, 0.15) is 5.82 Å². The molecule has 1 N–H and O–H groups in total. The number of aromatic nitrogens is 3. The van der Waals surface area contributed by atoms with E-state index in [4.69, 9.17) is 4.74 Å². The van der Waals surface area contributed by atoms with Crippen LogP contribution in [0.5, 0.6) is 5.88 Å². The molecular weight excluding hydrogens is 483 g/mol. The fourth-order valence-electron chi connectivity index (χ4n) is 4.12. The fraction of sp³-hybridized carbons (Fsp3) is 0.435. The Labute approximate surface area is 201 Å². The van der Waals surface area contributed by atoms with E-state index < -0.39 is 34.1 Å². The first-order valence-corrected chi connectivity index (χ1v) is 13.0. The topological polar surface area (TPSA) is 97.3 Å². The van der Waals surface area contributed by atoms with E-state index in [1.807, 2.05) is 17.0 Å². The third-order valence-electron chi connectivity index (χ3n) is 5.77. The molecule has 0 radical (unpaired) electrons. The van der Waals surface area contributed by atoms with Crippen LogP contribution in [-0.4, -0.2) is 54.5 Å². The van der Waals surface area contributed by atoms with Crippen LogP contribution in [0.2, 0.25) is 0 Å². The van der Waals surface area contributed by atoms with Gasteiger partial charge in [-0.25, -0.2) is 23.4 Å². The molecule has 2 aromatic heterocycles. The summed E-state index contributed by atoms with van der Waals surface area (Å²) in [4.78, 5) is 14.6. The number of halogens is 3. The van der Waals surface area contributed by atoms with Crippen molar-refractivity contribution < 1.29 is 26.3 Å². The Balaban J connectivity index is 1.61. The van der Waals surface area contributed by atoms with Gasteiger partial charge in [-0.05, 0) is 43.5 Å². The van der Waals surface area contributed by atoms with Crippen LogP contribution in [0, 0.1) is 5.92 Å².